The summed E-state index contributed by atoms with van der Waals surface area (Å²) in [7, 11) is 0. The van der Waals surface area contributed by atoms with Crippen molar-refractivity contribution in [1.82, 2.24) is 9.88 Å². The first kappa shape index (κ1) is 11.5. The number of halogens is 1. The summed E-state index contributed by atoms with van der Waals surface area (Å²) in [5, 5.41) is 3.64. The van der Waals surface area contributed by atoms with E-state index in [1.54, 1.807) is 0 Å². The zero-order chi connectivity index (χ0) is 11.7. The van der Waals surface area contributed by atoms with Crippen LogP contribution < -0.4 is 5.32 Å². The smallest absolute Gasteiger partial charge is 0.106 e. The van der Waals surface area contributed by atoms with E-state index in [1.165, 1.54) is 38.8 Å². The molecule has 3 heterocycles. The standard InChI is InChI=1S/C13H18BrN3/c14-13-5-4-10(9-15-13)16-11-6-8-17-7-2-1-3-12(11)17/h4-5,9,11-12,16H,1-3,6-8H2. The van der Waals surface area contributed by atoms with Gasteiger partial charge < -0.3 is 5.32 Å². The fourth-order valence-corrected chi connectivity index (χ4v) is 3.33. The fourth-order valence-electron chi connectivity index (χ4n) is 3.09. The molecular formula is C13H18BrN3. The van der Waals surface area contributed by atoms with Gasteiger partial charge in [0.25, 0.3) is 0 Å². The molecule has 17 heavy (non-hydrogen) atoms. The second-order valence-electron chi connectivity index (χ2n) is 5.01. The molecule has 0 radical (unpaired) electrons. The van der Waals surface area contributed by atoms with E-state index in [2.05, 4.69) is 37.2 Å². The summed E-state index contributed by atoms with van der Waals surface area (Å²) in [6.45, 7) is 2.55. The maximum atomic E-state index is 4.27. The second kappa shape index (κ2) is 4.94. The summed E-state index contributed by atoms with van der Waals surface area (Å²) in [5.41, 5.74) is 1.14. The quantitative estimate of drug-likeness (QED) is 0.851. The molecule has 1 N–H and O–H groups in total. The predicted octanol–water partition coefficient (Wildman–Crippen LogP) is 2.88. The van der Waals surface area contributed by atoms with Crippen LogP contribution in [-0.2, 0) is 0 Å². The number of pyridine rings is 1. The summed E-state index contributed by atoms with van der Waals surface area (Å²) in [6, 6.07) is 5.45. The van der Waals surface area contributed by atoms with Crippen molar-refractivity contribution in [3.63, 3.8) is 0 Å². The van der Waals surface area contributed by atoms with Gasteiger partial charge in [-0.1, -0.05) is 6.42 Å². The Morgan fingerprint density at radius 3 is 3.00 bits per heavy atom. The van der Waals surface area contributed by atoms with E-state index in [1.807, 2.05) is 12.3 Å². The van der Waals surface area contributed by atoms with Crippen LogP contribution >= 0.6 is 15.9 Å². The number of piperidine rings is 1. The molecule has 3 nitrogen and oxygen atoms in total. The lowest BCUT2D eigenvalue weighted by Crippen LogP contribution is -2.41. The number of fused-ring (bicyclic) bond motifs is 1. The van der Waals surface area contributed by atoms with E-state index in [4.69, 9.17) is 0 Å². The van der Waals surface area contributed by atoms with E-state index in [9.17, 15) is 0 Å². The summed E-state index contributed by atoms with van der Waals surface area (Å²) >= 11 is 3.37. The predicted molar refractivity (Wildman–Crippen MR) is 73.2 cm³/mol. The Kier molecular flexibility index (Phi) is 3.34. The van der Waals surface area contributed by atoms with Gasteiger partial charge in [0, 0.05) is 18.6 Å². The fraction of sp³-hybridized carbons (Fsp3) is 0.615. The number of nitrogens with zero attached hydrogens (tertiary/aromatic N) is 2. The molecule has 2 saturated heterocycles. The van der Waals surface area contributed by atoms with E-state index in [-0.39, 0.29) is 0 Å². The van der Waals surface area contributed by atoms with Crippen LogP contribution in [0.4, 0.5) is 5.69 Å². The largest absolute Gasteiger partial charge is 0.379 e. The first-order valence-electron chi connectivity index (χ1n) is 6.45. The lowest BCUT2D eigenvalue weighted by Gasteiger charge is -2.32. The molecule has 0 aromatic carbocycles. The lowest BCUT2D eigenvalue weighted by atomic mass is 9.99. The zero-order valence-electron chi connectivity index (χ0n) is 9.90. The van der Waals surface area contributed by atoms with E-state index in [0.717, 1.165) is 16.3 Å². The Bertz CT molecular complexity index is 379. The molecule has 1 aromatic rings. The molecule has 1 aromatic heterocycles. The minimum Gasteiger partial charge on any atom is -0.379 e. The van der Waals surface area contributed by atoms with Crippen molar-refractivity contribution in [3.05, 3.63) is 22.9 Å². The molecule has 92 valence electrons. The average Bonchev–Trinajstić information content (AvgIpc) is 2.76. The first-order valence-corrected chi connectivity index (χ1v) is 7.24. The van der Waals surface area contributed by atoms with E-state index in [0.29, 0.717) is 6.04 Å². The topological polar surface area (TPSA) is 28.2 Å². The Labute approximate surface area is 111 Å². The molecule has 2 atom stereocenters. The van der Waals surface area contributed by atoms with Crippen molar-refractivity contribution in [2.75, 3.05) is 18.4 Å². The minimum absolute atomic E-state index is 0.610. The Morgan fingerprint density at radius 2 is 2.18 bits per heavy atom. The zero-order valence-corrected chi connectivity index (χ0v) is 11.5. The number of rotatable bonds is 2. The highest BCUT2D eigenvalue weighted by molar-refractivity contribution is 9.10. The third-order valence-electron chi connectivity index (χ3n) is 3.94. The average molecular weight is 296 g/mol. The third kappa shape index (κ3) is 2.47. The maximum absolute atomic E-state index is 4.27. The van der Waals surface area contributed by atoms with Gasteiger partial charge in [-0.2, -0.15) is 0 Å². The first-order chi connectivity index (χ1) is 8.33. The van der Waals surface area contributed by atoms with Crippen molar-refractivity contribution < 1.29 is 0 Å². The number of hydrogen-bond acceptors (Lipinski definition) is 3. The summed E-state index contributed by atoms with van der Waals surface area (Å²) < 4.78 is 0.897. The van der Waals surface area contributed by atoms with Crippen LogP contribution in [0.15, 0.2) is 22.9 Å². The van der Waals surface area contributed by atoms with Gasteiger partial charge in [0.2, 0.25) is 0 Å². The highest BCUT2D eigenvalue weighted by atomic mass is 79.9. The molecule has 2 aliphatic heterocycles. The molecule has 2 aliphatic rings. The third-order valence-corrected chi connectivity index (χ3v) is 4.40. The van der Waals surface area contributed by atoms with Crippen molar-refractivity contribution in [3.8, 4) is 0 Å². The van der Waals surface area contributed by atoms with Crippen molar-refractivity contribution in [2.24, 2.45) is 0 Å². The maximum Gasteiger partial charge on any atom is 0.106 e. The Morgan fingerprint density at radius 1 is 1.24 bits per heavy atom. The van der Waals surface area contributed by atoms with Crippen LogP contribution in [0, 0.1) is 0 Å². The van der Waals surface area contributed by atoms with Gasteiger partial charge >= 0.3 is 0 Å². The molecular weight excluding hydrogens is 278 g/mol. The second-order valence-corrected chi connectivity index (χ2v) is 5.82. The van der Waals surface area contributed by atoms with Crippen molar-refractivity contribution in [1.29, 1.82) is 0 Å². The van der Waals surface area contributed by atoms with Crippen LogP contribution in [0.25, 0.3) is 0 Å². The molecule has 4 heteroatoms. The van der Waals surface area contributed by atoms with E-state index >= 15 is 0 Å². The van der Waals surface area contributed by atoms with Crippen LogP contribution in [0.1, 0.15) is 25.7 Å². The highest BCUT2D eigenvalue weighted by Crippen LogP contribution is 2.29. The molecule has 2 fully saturated rings. The summed E-state index contributed by atoms with van der Waals surface area (Å²) in [5.74, 6) is 0. The molecule has 0 spiro atoms. The number of anilines is 1. The number of aromatic nitrogens is 1. The van der Waals surface area contributed by atoms with Gasteiger partial charge in [-0.25, -0.2) is 4.98 Å². The minimum atomic E-state index is 0.610. The van der Waals surface area contributed by atoms with Crippen molar-refractivity contribution >= 4 is 21.6 Å². The number of hydrogen-bond donors (Lipinski definition) is 1. The monoisotopic (exact) mass is 295 g/mol. The van der Waals surface area contributed by atoms with Crippen LogP contribution in [0.5, 0.6) is 0 Å². The van der Waals surface area contributed by atoms with Crippen LogP contribution in [-0.4, -0.2) is 35.1 Å². The number of nitrogens with one attached hydrogen (secondary N) is 1. The summed E-state index contributed by atoms with van der Waals surface area (Å²) in [6.07, 6.45) is 7.29. The van der Waals surface area contributed by atoms with Gasteiger partial charge in [0.05, 0.1) is 11.9 Å². The molecule has 3 rings (SSSR count). The van der Waals surface area contributed by atoms with Gasteiger partial charge in [0.15, 0.2) is 0 Å². The van der Waals surface area contributed by atoms with E-state index < -0.39 is 0 Å². The molecule has 2 unspecified atom stereocenters. The highest BCUT2D eigenvalue weighted by Gasteiger charge is 2.35. The molecule has 0 aliphatic carbocycles. The molecule has 0 amide bonds. The Balaban J connectivity index is 1.67. The van der Waals surface area contributed by atoms with Gasteiger partial charge in [-0.15, -0.1) is 0 Å². The van der Waals surface area contributed by atoms with Crippen molar-refractivity contribution in [2.45, 2.75) is 37.8 Å². The molecule has 0 bridgehead atoms. The van der Waals surface area contributed by atoms with Gasteiger partial charge in [-0.05, 0) is 53.9 Å². The Hall–Kier alpha value is -0.610. The van der Waals surface area contributed by atoms with Gasteiger partial charge in [-0.3, -0.25) is 4.90 Å². The lowest BCUT2D eigenvalue weighted by molar-refractivity contribution is 0.193. The normalized spacial score (nSPS) is 29.0. The van der Waals surface area contributed by atoms with Gasteiger partial charge in [0.1, 0.15) is 4.60 Å². The van der Waals surface area contributed by atoms with Crippen LogP contribution in [0.2, 0.25) is 0 Å². The molecule has 0 saturated carbocycles. The van der Waals surface area contributed by atoms with Crippen LogP contribution in [0.3, 0.4) is 0 Å². The SMILES string of the molecule is Brc1ccc(NC2CCN3CCCCC23)cn1. The summed E-state index contributed by atoms with van der Waals surface area (Å²) in [4.78, 5) is 6.91.